The Morgan fingerprint density at radius 3 is 2.68 bits per heavy atom. The number of hydrogen-bond acceptors (Lipinski definition) is 4. The van der Waals surface area contributed by atoms with Crippen LogP contribution in [-0.4, -0.2) is 35.6 Å². The number of hydrogen-bond donors (Lipinski definition) is 1. The summed E-state index contributed by atoms with van der Waals surface area (Å²) >= 11 is 1.84. The molecule has 0 bridgehead atoms. The van der Waals surface area contributed by atoms with E-state index in [-0.39, 0.29) is 0 Å². The molecule has 1 aliphatic carbocycles. The van der Waals surface area contributed by atoms with E-state index in [0.29, 0.717) is 6.04 Å². The summed E-state index contributed by atoms with van der Waals surface area (Å²) < 4.78 is 0. The fraction of sp³-hybridized carbons (Fsp3) is 0.800. The first-order chi connectivity index (χ1) is 9.31. The molecule has 1 aromatic rings. The third-order valence-corrected chi connectivity index (χ3v) is 5.04. The highest BCUT2D eigenvalue weighted by atomic mass is 32.1. The van der Waals surface area contributed by atoms with Gasteiger partial charge in [0.25, 0.3) is 0 Å². The van der Waals surface area contributed by atoms with Gasteiger partial charge in [-0.25, -0.2) is 4.98 Å². The van der Waals surface area contributed by atoms with E-state index >= 15 is 0 Å². The van der Waals surface area contributed by atoms with Crippen molar-refractivity contribution in [2.24, 2.45) is 0 Å². The molecule has 1 N–H and O–H groups in total. The van der Waals surface area contributed by atoms with Crippen LogP contribution in [0.2, 0.25) is 0 Å². The maximum atomic E-state index is 4.53. The van der Waals surface area contributed by atoms with Crippen LogP contribution in [0.3, 0.4) is 0 Å². The number of nitrogens with one attached hydrogen (secondary N) is 1. The average molecular weight is 281 g/mol. The average Bonchev–Trinajstić information content (AvgIpc) is 2.89. The quantitative estimate of drug-likeness (QED) is 0.824. The third-order valence-electron chi connectivity index (χ3n) is 4.06. The van der Waals surface area contributed by atoms with Gasteiger partial charge in [0.2, 0.25) is 0 Å². The van der Waals surface area contributed by atoms with Crippen LogP contribution in [0.5, 0.6) is 0 Å². The second-order valence-corrected chi connectivity index (χ2v) is 6.50. The summed E-state index contributed by atoms with van der Waals surface area (Å²) in [6.07, 6.45) is 9.97. The Bertz CT molecular complexity index is 354. The molecule has 0 aromatic carbocycles. The third kappa shape index (κ3) is 4.77. The SMILES string of the molecule is CCN(CC)CCc1cnc(NC2CCCCC2)s1. The highest BCUT2D eigenvalue weighted by Crippen LogP contribution is 2.24. The Balaban J connectivity index is 1.77. The first-order valence-electron chi connectivity index (χ1n) is 7.75. The van der Waals surface area contributed by atoms with Gasteiger partial charge in [-0.1, -0.05) is 33.1 Å². The van der Waals surface area contributed by atoms with Gasteiger partial charge in [0.1, 0.15) is 0 Å². The molecule has 0 spiro atoms. The normalized spacial score (nSPS) is 17.0. The molecule has 1 heterocycles. The van der Waals surface area contributed by atoms with Crippen molar-refractivity contribution in [3.05, 3.63) is 11.1 Å². The summed E-state index contributed by atoms with van der Waals surface area (Å²) in [5.41, 5.74) is 0. The Labute approximate surface area is 121 Å². The Morgan fingerprint density at radius 2 is 2.00 bits per heavy atom. The number of anilines is 1. The van der Waals surface area contributed by atoms with Gasteiger partial charge in [-0.2, -0.15) is 0 Å². The zero-order valence-corrected chi connectivity index (χ0v) is 13.1. The number of aromatic nitrogens is 1. The molecule has 0 aliphatic heterocycles. The molecule has 0 unspecified atom stereocenters. The Kier molecular flexibility index (Phi) is 6.11. The second-order valence-electron chi connectivity index (χ2n) is 5.39. The molecular weight excluding hydrogens is 254 g/mol. The lowest BCUT2D eigenvalue weighted by molar-refractivity contribution is 0.308. The lowest BCUT2D eigenvalue weighted by Crippen LogP contribution is -2.25. The second kappa shape index (κ2) is 7.85. The molecule has 1 aliphatic rings. The molecule has 2 rings (SSSR count). The van der Waals surface area contributed by atoms with Gasteiger partial charge < -0.3 is 10.2 Å². The van der Waals surface area contributed by atoms with Crippen LogP contribution in [0, 0.1) is 0 Å². The number of likely N-dealkylation sites (N-methyl/N-ethyl adjacent to an activating group) is 1. The number of nitrogens with zero attached hydrogens (tertiary/aromatic N) is 2. The van der Waals surface area contributed by atoms with Crippen molar-refractivity contribution in [1.82, 2.24) is 9.88 Å². The number of rotatable bonds is 7. The van der Waals surface area contributed by atoms with Crippen LogP contribution in [0.25, 0.3) is 0 Å². The molecule has 3 nitrogen and oxygen atoms in total. The van der Waals surface area contributed by atoms with Gasteiger partial charge >= 0.3 is 0 Å². The van der Waals surface area contributed by atoms with Gasteiger partial charge in [-0.15, -0.1) is 11.3 Å². The maximum Gasteiger partial charge on any atom is 0.183 e. The minimum Gasteiger partial charge on any atom is -0.359 e. The molecule has 19 heavy (non-hydrogen) atoms. The van der Waals surface area contributed by atoms with Crippen LogP contribution < -0.4 is 5.32 Å². The first kappa shape index (κ1) is 14.8. The molecule has 0 saturated heterocycles. The smallest absolute Gasteiger partial charge is 0.183 e. The minimum absolute atomic E-state index is 0.663. The maximum absolute atomic E-state index is 4.53. The molecule has 0 radical (unpaired) electrons. The van der Waals surface area contributed by atoms with E-state index in [9.17, 15) is 0 Å². The molecule has 0 amide bonds. The van der Waals surface area contributed by atoms with Crippen molar-refractivity contribution in [2.75, 3.05) is 25.0 Å². The summed E-state index contributed by atoms with van der Waals surface area (Å²) in [4.78, 5) is 8.40. The van der Waals surface area contributed by atoms with E-state index in [1.165, 1.54) is 37.0 Å². The first-order valence-corrected chi connectivity index (χ1v) is 8.57. The highest BCUT2D eigenvalue weighted by Gasteiger charge is 2.14. The fourth-order valence-corrected chi connectivity index (χ4v) is 3.60. The fourth-order valence-electron chi connectivity index (χ4n) is 2.72. The van der Waals surface area contributed by atoms with E-state index in [2.05, 4.69) is 35.2 Å². The van der Waals surface area contributed by atoms with E-state index in [0.717, 1.165) is 31.2 Å². The van der Waals surface area contributed by atoms with Crippen molar-refractivity contribution in [2.45, 2.75) is 58.4 Å². The summed E-state index contributed by atoms with van der Waals surface area (Å²) in [7, 11) is 0. The summed E-state index contributed by atoms with van der Waals surface area (Å²) in [5.74, 6) is 0. The molecule has 108 valence electrons. The van der Waals surface area contributed by atoms with Crippen molar-refractivity contribution < 1.29 is 0 Å². The van der Waals surface area contributed by atoms with E-state index < -0.39 is 0 Å². The van der Waals surface area contributed by atoms with Crippen LogP contribution in [-0.2, 0) is 6.42 Å². The van der Waals surface area contributed by atoms with Crippen LogP contribution >= 0.6 is 11.3 Å². The van der Waals surface area contributed by atoms with Crippen molar-refractivity contribution in [3.63, 3.8) is 0 Å². The van der Waals surface area contributed by atoms with Crippen LogP contribution in [0.4, 0.5) is 5.13 Å². The monoisotopic (exact) mass is 281 g/mol. The molecule has 1 fully saturated rings. The predicted molar refractivity (Wildman–Crippen MR) is 84.1 cm³/mol. The van der Waals surface area contributed by atoms with Crippen molar-refractivity contribution in [1.29, 1.82) is 0 Å². The van der Waals surface area contributed by atoms with Gasteiger partial charge in [-0.3, -0.25) is 0 Å². The lowest BCUT2D eigenvalue weighted by Gasteiger charge is -2.22. The summed E-state index contributed by atoms with van der Waals surface area (Å²) in [6, 6.07) is 0.663. The molecule has 0 atom stereocenters. The van der Waals surface area contributed by atoms with E-state index in [4.69, 9.17) is 0 Å². The van der Waals surface area contributed by atoms with E-state index in [1.54, 1.807) is 0 Å². The lowest BCUT2D eigenvalue weighted by atomic mass is 9.96. The predicted octanol–water partition coefficient (Wildman–Crippen LogP) is 3.77. The van der Waals surface area contributed by atoms with Gasteiger partial charge in [-0.05, 0) is 32.4 Å². The van der Waals surface area contributed by atoms with Gasteiger partial charge in [0, 0.05) is 23.7 Å². The topological polar surface area (TPSA) is 28.2 Å². The molecule has 4 heteroatoms. The van der Waals surface area contributed by atoms with Gasteiger partial charge in [0.05, 0.1) is 0 Å². The highest BCUT2D eigenvalue weighted by molar-refractivity contribution is 7.15. The van der Waals surface area contributed by atoms with Crippen molar-refractivity contribution in [3.8, 4) is 0 Å². The zero-order valence-electron chi connectivity index (χ0n) is 12.3. The Hall–Kier alpha value is -0.610. The molecule has 1 aromatic heterocycles. The largest absolute Gasteiger partial charge is 0.359 e. The minimum atomic E-state index is 0.663. The molecular formula is C15H27N3S. The van der Waals surface area contributed by atoms with E-state index in [1.807, 2.05) is 11.3 Å². The number of thiazole rings is 1. The Morgan fingerprint density at radius 1 is 1.26 bits per heavy atom. The summed E-state index contributed by atoms with van der Waals surface area (Å²) in [5, 5.41) is 4.74. The van der Waals surface area contributed by atoms with Crippen LogP contribution in [0.1, 0.15) is 50.8 Å². The summed E-state index contributed by atoms with van der Waals surface area (Å²) in [6.45, 7) is 7.89. The van der Waals surface area contributed by atoms with Crippen LogP contribution in [0.15, 0.2) is 6.20 Å². The molecule has 1 saturated carbocycles. The van der Waals surface area contributed by atoms with Gasteiger partial charge in [0.15, 0.2) is 5.13 Å². The zero-order chi connectivity index (χ0) is 13.5. The standard InChI is InChI=1S/C15H27N3S/c1-3-18(4-2)11-10-14-12-16-15(19-14)17-13-8-6-5-7-9-13/h12-13H,3-11H2,1-2H3,(H,16,17). The van der Waals surface area contributed by atoms with Crippen molar-refractivity contribution >= 4 is 16.5 Å².